The Morgan fingerprint density at radius 2 is 0.693 bits per heavy atom. The molecule has 2 N–H and O–H groups in total. The molecular formula is C79H139N2O6P. The number of aliphatic hydroxyl groups is 1. The maximum atomic E-state index is 13.1. The average molecular weight is 1240 g/mol. The highest BCUT2D eigenvalue weighted by Gasteiger charge is 2.23. The first-order valence-corrected chi connectivity index (χ1v) is 38.0. The van der Waals surface area contributed by atoms with Crippen LogP contribution in [0.25, 0.3) is 0 Å². The van der Waals surface area contributed by atoms with Gasteiger partial charge in [0.1, 0.15) is 13.2 Å². The van der Waals surface area contributed by atoms with Crippen molar-refractivity contribution >= 4 is 13.7 Å². The van der Waals surface area contributed by atoms with Crippen molar-refractivity contribution < 1.29 is 32.9 Å². The number of carbonyl (C=O) groups is 1. The number of unbranched alkanes of at least 4 members (excludes halogenated alkanes) is 33. The number of phosphoric acid groups is 1. The van der Waals surface area contributed by atoms with Crippen molar-refractivity contribution in [3.63, 3.8) is 0 Å². The van der Waals surface area contributed by atoms with E-state index in [2.05, 4.69) is 141 Å². The molecule has 0 aromatic heterocycles. The van der Waals surface area contributed by atoms with Crippen LogP contribution in [0.15, 0.2) is 134 Å². The van der Waals surface area contributed by atoms with Gasteiger partial charge in [-0.3, -0.25) is 9.36 Å². The van der Waals surface area contributed by atoms with Gasteiger partial charge in [0.05, 0.1) is 39.9 Å². The summed E-state index contributed by atoms with van der Waals surface area (Å²) in [5.41, 5.74) is 0. The lowest BCUT2D eigenvalue weighted by Gasteiger charge is -2.29. The Bertz CT molecular complexity index is 1900. The van der Waals surface area contributed by atoms with Crippen molar-refractivity contribution in [1.29, 1.82) is 0 Å². The van der Waals surface area contributed by atoms with Gasteiger partial charge in [-0.15, -0.1) is 0 Å². The zero-order chi connectivity index (χ0) is 64.1. The van der Waals surface area contributed by atoms with E-state index in [-0.39, 0.29) is 19.1 Å². The number of allylic oxidation sites excluding steroid dienone is 21. The standard InChI is InChI=1S/C79H139N2O6P/c1-6-8-10-12-14-16-18-20-22-24-26-28-30-32-34-35-36-37-38-39-40-41-42-43-44-45-47-49-51-53-55-57-59-61-63-65-67-69-71-73-79(83)80-77(76-87-88(84,85)86-75-74-81(3,4)5)78(82)72-70-68-66-64-62-60-58-56-54-52-50-48-46-33-31-29-27-25-23-21-19-17-15-13-11-9-7-2/h8,10,14,16,20,22,26,28,32,34,36-37,39-40,42-43,45,47,51,53,70,72,77-78,82H,6-7,9,11-13,15,17-19,21,23-25,27,29-31,33,35,38,41,44,46,48-50,52,54-69,71,73-76H2,1-5H3,(H-,80,83,84,85)/b10-8-,16-14-,22-20-,28-26-,34-32-,37-36-,40-39-,43-42-,47-45-,53-51-,72-70+. The molecule has 9 heteroatoms. The average Bonchev–Trinajstić information content (AvgIpc) is 3.70. The molecule has 0 radical (unpaired) electrons. The zero-order valence-corrected chi connectivity index (χ0v) is 58.8. The van der Waals surface area contributed by atoms with Crippen LogP contribution in [0.1, 0.15) is 309 Å². The van der Waals surface area contributed by atoms with Crippen molar-refractivity contribution in [2.24, 2.45) is 0 Å². The number of rotatable bonds is 66. The molecule has 3 unspecified atom stereocenters. The second-order valence-corrected chi connectivity index (χ2v) is 27.0. The lowest BCUT2D eigenvalue weighted by atomic mass is 10.0. The van der Waals surface area contributed by atoms with Crippen LogP contribution in [-0.4, -0.2) is 68.5 Å². The Labute approximate surface area is 545 Å². The Morgan fingerprint density at radius 3 is 1.01 bits per heavy atom. The number of quaternary nitrogens is 1. The van der Waals surface area contributed by atoms with E-state index >= 15 is 0 Å². The van der Waals surface area contributed by atoms with Crippen molar-refractivity contribution in [3.8, 4) is 0 Å². The molecule has 0 aromatic carbocycles. The van der Waals surface area contributed by atoms with Gasteiger partial charge in [-0.1, -0.05) is 340 Å². The summed E-state index contributed by atoms with van der Waals surface area (Å²) in [5, 5.41) is 14.0. The molecule has 0 fully saturated rings. The van der Waals surface area contributed by atoms with E-state index in [1.807, 2.05) is 27.2 Å². The molecule has 0 spiro atoms. The second kappa shape index (κ2) is 68.0. The number of amides is 1. The fourth-order valence-corrected chi connectivity index (χ4v) is 11.0. The number of hydrogen-bond donors (Lipinski definition) is 2. The summed E-state index contributed by atoms with van der Waals surface area (Å²) < 4.78 is 23.5. The summed E-state index contributed by atoms with van der Waals surface area (Å²) in [6, 6.07) is -0.902. The summed E-state index contributed by atoms with van der Waals surface area (Å²) in [5.74, 6) is -0.208. The molecule has 0 bridgehead atoms. The molecule has 0 aliphatic rings. The number of carbonyl (C=O) groups excluding carboxylic acids is 1. The van der Waals surface area contributed by atoms with Crippen molar-refractivity contribution in [2.75, 3.05) is 40.9 Å². The largest absolute Gasteiger partial charge is 0.756 e. The number of nitrogens with one attached hydrogen (secondary N) is 1. The lowest BCUT2D eigenvalue weighted by molar-refractivity contribution is -0.870. The first kappa shape index (κ1) is 84.6. The Hall–Kier alpha value is -3.36. The van der Waals surface area contributed by atoms with Crippen LogP contribution in [0, 0.1) is 0 Å². The van der Waals surface area contributed by atoms with Gasteiger partial charge in [0, 0.05) is 6.42 Å². The summed E-state index contributed by atoms with van der Waals surface area (Å²) in [4.78, 5) is 25.7. The van der Waals surface area contributed by atoms with E-state index in [0.29, 0.717) is 17.4 Å². The molecule has 506 valence electrons. The minimum absolute atomic E-state index is 0.00841. The van der Waals surface area contributed by atoms with Gasteiger partial charge in [0.25, 0.3) is 7.82 Å². The van der Waals surface area contributed by atoms with Gasteiger partial charge >= 0.3 is 0 Å². The van der Waals surface area contributed by atoms with E-state index in [0.717, 1.165) is 116 Å². The van der Waals surface area contributed by atoms with E-state index in [4.69, 9.17) is 9.05 Å². The third kappa shape index (κ3) is 70.1. The molecule has 0 aromatic rings. The van der Waals surface area contributed by atoms with Gasteiger partial charge in [-0.2, -0.15) is 0 Å². The number of hydrogen-bond acceptors (Lipinski definition) is 6. The van der Waals surface area contributed by atoms with E-state index < -0.39 is 20.0 Å². The molecule has 0 saturated carbocycles. The smallest absolute Gasteiger partial charge is 0.268 e. The van der Waals surface area contributed by atoms with E-state index in [1.54, 1.807) is 6.08 Å². The SMILES string of the molecule is CC/C=C\C/C=C\C/C=C\C/C=C\C/C=C\C/C=C\C/C=C\C/C=C\C/C=C\C/C=C\CCCCCCCCCCC(=O)NC(COP(=O)([O-])OCC[N+](C)(C)C)C(O)/C=C/CCCCCCCCCCCCCCCCCCCCCCCCCCC. The highest BCUT2D eigenvalue weighted by molar-refractivity contribution is 7.45. The lowest BCUT2D eigenvalue weighted by Crippen LogP contribution is -2.45. The fourth-order valence-electron chi connectivity index (χ4n) is 10.2. The molecule has 0 heterocycles. The quantitative estimate of drug-likeness (QED) is 0.0272. The Morgan fingerprint density at radius 1 is 0.409 bits per heavy atom. The minimum Gasteiger partial charge on any atom is -0.756 e. The molecule has 0 aliphatic carbocycles. The molecule has 1 amide bonds. The minimum atomic E-state index is -4.62. The summed E-state index contributed by atoms with van der Waals surface area (Å²) in [6.07, 6.45) is 103. The van der Waals surface area contributed by atoms with E-state index in [9.17, 15) is 19.4 Å². The van der Waals surface area contributed by atoms with Crippen LogP contribution < -0.4 is 10.2 Å². The van der Waals surface area contributed by atoms with Crippen LogP contribution in [0.4, 0.5) is 0 Å². The van der Waals surface area contributed by atoms with E-state index in [1.165, 1.54) is 173 Å². The highest BCUT2D eigenvalue weighted by Crippen LogP contribution is 2.38. The summed E-state index contributed by atoms with van der Waals surface area (Å²) >= 11 is 0. The van der Waals surface area contributed by atoms with Gasteiger partial charge < -0.3 is 28.8 Å². The summed E-state index contributed by atoms with van der Waals surface area (Å²) in [7, 11) is 1.25. The normalized spacial score (nSPS) is 14.4. The Kier molecular flexibility index (Phi) is 65.4. The molecule has 88 heavy (non-hydrogen) atoms. The predicted molar refractivity (Wildman–Crippen MR) is 385 cm³/mol. The number of phosphoric ester groups is 1. The third-order valence-electron chi connectivity index (χ3n) is 15.9. The first-order chi connectivity index (χ1) is 43.0. The van der Waals surface area contributed by atoms with Crippen LogP contribution in [0.5, 0.6) is 0 Å². The fraction of sp³-hybridized carbons (Fsp3) is 0.709. The first-order valence-electron chi connectivity index (χ1n) is 36.5. The molecule has 8 nitrogen and oxygen atoms in total. The molecule has 3 atom stereocenters. The van der Waals surface area contributed by atoms with Crippen molar-refractivity contribution in [1.82, 2.24) is 5.32 Å². The monoisotopic (exact) mass is 1240 g/mol. The zero-order valence-electron chi connectivity index (χ0n) is 57.9. The van der Waals surface area contributed by atoms with Crippen LogP contribution >= 0.6 is 7.82 Å². The number of nitrogens with zero attached hydrogens (tertiary/aromatic N) is 1. The Balaban J connectivity index is 4.13. The van der Waals surface area contributed by atoms with Crippen molar-refractivity contribution in [3.05, 3.63) is 134 Å². The topological polar surface area (TPSA) is 108 Å². The van der Waals surface area contributed by atoms with Crippen LogP contribution in [0.2, 0.25) is 0 Å². The number of aliphatic hydroxyl groups excluding tert-OH is 1. The van der Waals surface area contributed by atoms with Gasteiger partial charge in [0.2, 0.25) is 5.91 Å². The maximum Gasteiger partial charge on any atom is 0.268 e. The number of likely N-dealkylation sites (N-methyl/N-ethyl adjacent to an activating group) is 1. The predicted octanol–water partition coefficient (Wildman–Crippen LogP) is 23.1. The highest BCUT2D eigenvalue weighted by atomic mass is 31.2. The van der Waals surface area contributed by atoms with Gasteiger partial charge in [-0.05, 0) is 96.3 Å². The summed E-state index contributed by atoms with van der Waals surface area (Å²) in [6.45, 7) is 4.55. The molecule has 0 saturated heterocycles. The van der Waals surface area contributed by atoms with Gasteiger partial charge in [-0.25, -0.2) is 0 Å². The maximum absolute atomic E-state index is 13.1. The van der Waals surface area contributed by atoms with Crippen LogP contribution in [0.3, 0.4) is 0 Å². The molecule has 0 rings (SSSR count). The van der Waals surface area contributed by atoms with Crippen molar-refractivity contribution in [2.45, 2.75) is 321 Å². The molecular weight excluding hydrogens is 1100 g/mol. The van der Waals surface area contributed by atoms with Crippen LogP contribution in [-0.2, 0) is 18.4 Å². The second-order valence-electron chi connectivity index (χ2n) is 25.6. The molecule has 0 aliphatic heterocycles. The third-order valence-corrected chi connectivity index (χ3v) is 16.8. The van der Waals surface area contributed by atoms with Gasteiger partial charge in [0.15, 0.2) is 0 Å².